The van der Waals surface area contributed by atoms with Crippen molar-refractivity contribution in [3.63, 3.8) is 0 Å². The van der Waals surface area contributed by atoms with Gasteiger partial charge in [-0.25, -0.2) is 0 Å². The molecule has 0 aromatic rings. The van der Waals surface area contributed by atoms with Crippen molar-refractivity contribution in [1.29, 1.82) is 0 Å². The predicted molar refractivity (Wildman–Crippen MR) is 73.5 cm³/mol. The van der Waals surface area contributed by atoms with Crippen molar-refractivity contribution < 1.29 is 9.59 Å². The number of primary amides is 2. The Bertz CT molecular complexity index is 279. The van der Waals surface area contributed by atoms with Gasteiger partial charge in [0.15, 0.2) is 0 Å². The molecule has 4 nitrogen and oxygen atoms in total. The molecule has 0 spiro atoms. The third-order valence-corrected chi connectivity index (χ3v) is 2.88. The molecule has 106 valence electrons. The van der Waals surface area contributed by atoms with E-state index in [1.165, 1.54) is 0 Å². The van der Waals surface area contributed by atoms with E-state index in [4.69, 9.17) is 11.5 Å². The van der Waals surface area contributed by atoms with Gasteiger partial charge in [-0.05, 0) is 23.7 Å². The fraction of sp³-hybridized carbons (Fsp3) is 0.857. The third kappa shape index (κ3) is 6.62. The number of amides is 2. The van der Waals surface area contributed by atoms with Crippen LogP contribution in [-0.2, 0) is 9.59 Å². The van der Waals surface area contributed by atoms with Crippen molar-refractivity contribution in [3.05, 3.63) is 0 Å². The van der Waals surface area contributed by atoms with Crippen LogP contribution >= 0.6 is 0 Å². The largest absolute Gasteiger partial charge is 0.369 e. The number of rotatable bonds is 5. The average Bonchev–Trinajstić information content (AvgIpc) is 2.06. The first kappa shape index (κ1) is 16.9. The summed E-state index contributed by atoms with van der Waals surface area (Å²) in [5.74, 6) is -1.83. The highest BCUT2D eigenvalue weighted by Gasteiger charge is 2.36. The molecule has 0 aliphatic rings. The zero-order valence-corrected chi connectivity index (χ0v) is 12.5. The fourth-order valence-electron chi connectivity index (χ4n) is 2.20. The standard InChI is InChI=1S/C14H28N2O2/c1-13(2,3)7-9(11(15)17)10(12(16)18)8-14(4,5)6/h9-10H,7-8H2,1-6H3,(H2,15,17)(H2,16,18). The second-order valence-electron chi connectivity index (χ2n) is 7.55. The molecule has 0 rings (SSSR count). The van der Waals surface area contributed by atoms with Gasteiger partial charge in [-0.2, -0.15) is 0 Å². The summed E-state index contributed by atoms with van der Waals surface area (Å²) >= 11 is 0. The van der Waals surface area contributed by atoms with Crippen molar-refractivity contribution in [3.8, 4) is 0 Å². The molecule has 0 radical (unpaired) electrons. The van der Waals surface area contributed by atoms with E-state index >= 15 is 0 Å². The fourth-order valence-corrected chi connectivity index (χ4v) is 2.20. The molecular weight excluding hydrogens is 228 g/mol. The van der Waals surface area contributed by atoms with Crippen LogP contribution in [0, 0.1) is 22.7 Å². The van der Waals surface area contributed by atoms with Crippen LogP contribution in [0.2, 0.25) is 0 Å². The average molecular weight is 256 g/mol. The van der Waals surface area contributed by atoms with Crippen LogP contribution in [0.4, 0.5) is 0 Å². The van der Waals surface area contributed by atoms with Gasteiger partial charge >= 0.3 is 0 Å². The van der Waals surface area contributed by atoms with Crippen LogP contribution in [-0.4, -0.2) is 11.8 Å². The molecule has 18 heavy (non-hydrogen) atoms. The van der Waals surface area contributed by atoms with Gasteiger partial charge in [-0.15, -0.1) is 0 Å². The number of carbonyl (C=O) groups is 2. The van der Waals surface area contributed by atoms with Gasteiger partial charge in [0.05, 0.1) is 0 Å². The molecule has 2 atom stereocenters. The molecule has 0 aromatic carbocycles. The Balaban J connectivity index is 5.13. The lowest BCUT2D eigenvalue weighted by atomic mass is 9.72. The highest BCUT2D eigenvalue weighted by molar-refractivity contribution is 5.86. The molecule has 4 heteroatoms. The zero-order valence-electron chi connectivity index (χ0n) is 12.5. The van der Waals surface area contributed by atoms with Crippen LogP contribution in [0.15, 0.2) is 0 Å². The summed E-state index contributed by atoms with van der Waals surface area (Å²) in [5.41, 5.74) is 10.8. The molecule has 0 aromatic heterocycles. The molecule has 0 fully saturated rings. The lowest BCUT2D eigenvalue weighted by Crippen LogP contribution is -2.41. The first-order valence-electron chi connectivity index (χ1n) is 6.42. The van der Waals surface area contributed by atoms with Crippen molar-refractivity contribution >= 4 is 11.8 Å². The van der Waals surface area contributed by atoms with Gasteiger partial charge in [-0.3, -0.25) is 9.59 Å². The van der Waals surface area contributed by atoms with Gasteiger partial charge in [-0.1, -0.05) is 41.5 Å². The summed E-state index contributed by atoms with van der Waals surface area (Å²) in [7, 11) is 0. The summed E-state index contributed by atoms with van der Waals surface area (Å²) in [4.78, 5) is 23.2. The number of hydrogen-bond acceptors (Lipinski definition) is 2. The van der Waals surface area contributed by atoms with E-state index in [0.29, 0.717) is 12.8 Å². The topological polar surface area (TPSA) is 86.2 Å². The first-order chi connectivity index (χ1) is 7.83. The molecule has 0 saturated carbocycles. The molecule has 0 bridgehead atoms. The lowest BCUT2D eigenvalue weighted by molar-refractivity contribution is -0.133. The quantitative estimate of drug-likeness (QED) is 0.788. The second kappa shape index (κ2) is 5.72. The lowest BCUT2D eigenvalue weighted by Gasteiger charge is -2.32. The van der Waals surface area contributed by atoms with Gasteiger partial charge in [0.1, 0.15) is 0 Å². The van der Waals surface area contributed by atoms with Crippen molar-refractivity contribution in [2.24, 2.45) is 34.1 Å². The molecule has 0 saturated heterocycles. The highest BCUT2D eigenvalue weighted by Crippen LogP contribution is 2.35. The maximum absolute atomic E-state index is 11.6. The Labute approximate surface area is 110 Å². The molecule has 0 heterocycles. The van der Waals surface area contributed by atoms with Crippen LogP contribution < -0.4 is 11.5 Å². The molecule has 0 aliphatic carbocycles. The molecular formula is C14H28N2O2. The molecule has 0 aliphatic heterocycles. The second-order valence-corrected chi connectivity index (χ2v) is 7.55. The van der Waals surface area contributed by atoms with Gasteiger partial charge in [0, 0.05) is 11.8 Å². The Hall–Kier alpha value is -1.06. The minimum absolute atomic E-state index is 0.0642. The third-order valence-electron chi connectivity index (χ3n) is 2.88. The van der Waals surface area contributed by atoms with Gasteiger partial charge in [0.25, 0.3) is 0 Å². The van der Waals surface area contributed by atoms with E-state index in [-0.39, 0.29) is 10.8 Å². The Morgan fingerprint density at radius 1 is 0.778 bits per heavy atom. The first-order valence-corrected chi connectivity index (χ1v) is 6.42. The minimum Gasteiger partial charge on any atom is -0.369 e. The predicted octanol–water partition coefficient (Wildman–Crippen LogP) is 2.06. The van der Waals surface area contributed by atoms with Crippen LogP contribution in [0.3, 0.4) is 0 Å². The van der Waals surface area contributed by atoms with E-state index in [1.807, 2.05) is 41.5 Å². The summed E-state index contributed by atoms with van der Waals surface area (Å²) in [6.07, 6.45) is 1.15. The van der Waals surface area contributed by atoms with E-state index in [9.17, 15) is 9.59 Å². The van der Waals surface area contributed by atoms with Crippen molar-refractivity contribution in [1.82, 2.24) is 0 Å². The SMILES string of the molecule is CC(C)(C)CC(C(N)=O)C(CC(C)(C)C)C(N)=O. The van der Waals surface area contributed by atoms with Gasteiger partial charge in [0.2, 0.25) is 11.8 Å². The highest BCUT2D eigenvalue weighted by atomic mass is 16.2. The number of hydrogen-bond donors (Lipinski definition) is 2. The van der Waals surface area contributed by atoms with Crippen LogP contribution in [0.5, 0.6) is 0 Å². The van der Waals surface area contributed by atoms with Crippen molar-refractivity contribution in [2.45, 2.75) is 54.4 Å². The Morgan fingerprint density at radius 2 is 1.00 bits per heavy atom. The van der Waals surface area contributed by atoms with Crippen LogP contribution in [0.25, 0.3) is 0 Å². The number of carbonyl (C=O) groups excluding carboxylic acids is 2. The summed E-state index contributed by atoms with van der Waals surface area (Å²) in [5, 5.41) is 0. The maximum atomic E-state index is 11.6. The van der Waals surface area contributed by atoms with E-state index in [1.54, 1.807) is 0 Å². The van der Waals surface area contributed by atoms with Crippen molar-refractivity contribution in [2.75, 3.05) is 0 Å². The monoisotopic (exact) mass is 256 g/mol. The maximum Gasteiger partial charge on any atom is 0.221 e. The molecule has 2 unspecified atom stereocenters. The molecule has 4 N–H and O–H groups in total. The molecule has 2 amide bonds. The van der Waals surface area contributed by atoms with Gasteiger partial charge < -0.3 is 11.5 Å². The van der Waals surface area contributed by atoms with E-state index < -0.39 is 23.7 Å². The number of nitrogens with two attached hydrogens (primary N) is 2. The van der Waals surface area contributed by atoms with Crippen LogP contribution in [0.1, 0.15) is 54.4 Å². The summed E-state index contributed by atoms with van der Waals surface area (Å²) in [6.45, 7) is 12.2. The normalized spacial score (nSPS) is 16.1. The smallest absolute Gasteiger partial charge is 0.221 e. The Morgan fingerprint density at radius 3 is 1.11 bits per heavy atom. The minimum atomic E-state index is -0.485. The Kier molecular flexibility index (Phi) is 5.38. The van der Waals surface area contributed by atoms with E-state index in [0.717, 1.165) is 0 Å². The van der Waals surface area contributed by atoms with E-state index in [2.05, 4.69) is 0 Å². The zero-order chi connectivity index (χ0) is 14.7. The summed E-state index contributed by atoms with van der Waals surface area (Å²) in [6, 6.07) is 0. The summed E-state index contributed by atoms with van der Waals surface area (Å²) < 4.78 is 0.